The third-order valence-corrected chi connectivity index (χ3v) is 2.77. The molecule has 0 aromatic rings. The molecule has 0 amide bonds. The van der Waals surface area contributed by atoms with Crippen LogP contribution in [0.5, 0.6) is 0 Å². The van der Waals surface area contributed by atoms with Gasteiger partial charge in [-0.1, -0.05) is 11.8 Å². The van der Waals surface area contributed by atoms with E-state index >= 15 is 0 Å². The third-order valence-electron chi connectivity index (χ3n) is 1.72. The lowest BCUT2D eigenvalue weighted by atomic mass is 10.2. The number of carbonyl (C=O) groups is 3. The normalized spacial score (nSPS) is 14.1. The summed E-state index contributed by atoms with van der Waals surface area (Å²) in [6.07, 6.45) is 0.0218. The number of thioether (sulfide) groups is 1. The van der Waals surface area contributed by atoms with Crippen LogP contribution >= 0.6 is 11.8 Å². The molecule has 16 heavy (non-hydrogen) atoms. The van der Waals surface area contributed by atoms with Gasteiger partial charge in [0.15, 0.2) is 5.12 Å². The van der Waals surface area contributed by atoms with Crippen molar-refractivity contribution in [3.05, 3.63) is 0 Å². The molecule has 0 aromatic heterocycles. The molecule has 0 saturated heterocycles. The molecule has 0 aliphatic heterocycles. The first kappa shape index (κ1) is 14.9. The van der Waals surface area contributed by atoms with Gasteiger partial charge in [0.2, 0.25) is 0 Å². The monoisotopic (exact) mass is 250 g/mol. The Morgan fingerprint density at radius 1 is 1.06 bits per heavy atom. The van der Waals surface area contributed by atoms with E-state index < -0.39 is 24.0 Å². The molecule has 8 heteroatoms. The first-order valence-electron chi connectivity index (χ1n) is 4.47. The Kier molecular flexibility index (Phi) is 6.70. The minimum Gasteiger partial charge on any atom is -0.480 e. The largest absolute Gasteiger partial charge is 0.480 e. The van der Waals surface area contributed by atoms with Gasteiger partial charge in [-0.3, -0.25) is 14.4 Å². The second-order valence-corrected chi connectivity index (χ2v) is 4.19. The Morgan fingerprint density at radius 3 is 2.00 bits per heavy atom. The molecule has 0 aliphatic carbocycles. The van der Waals surface area contributed by atoms with Crippen LogP contribution in [0.4, 0.5) is 0 Å². The Bertz CT molecular complexity index is 258. The summed E-state index contributed by atoms with van der Waals surface area (Å²) in [5.41, 5.74) is 10.4. The van der Waals surface area contributed by atoms with Gasteiger partial charge in [0.1, 0.15) is 12.1 Å². The van der Waals surface area contributed by atoms with Crippen molar-refractivity contribution in [2.24, 2.45) is 11.5 Å². The van der Waals surface area contributed by atoms with Gasteiger partial charge in [-0.2, -0.15) is 0 Å². The number of carbonyl (C=O) groups excluding carboxylic acids is 1. The molecule has 0 aliphatic rings. The van der Waals surface area contributed by atoms with E-state index in [0.29, 0.717) is 0 Å². The van der Waals surface area contributed by atoms with E-state index in [9.17, 15) is 14.4 Å². The molecule has 2 atom stereocenters. The van der Waals surface area contributed by atoms with Gasteiger partial charge in [-0.05, 0) is 6.42 Å². The Morgan fingerprint density at radius 2 is 1.56 bits per heavy atom. The van der Waals surface area contributed by atoms with E-state index in [1.165, 1.54) is 0 Å². The maximum absolute atomic E-state index is 11.2. The fourth-order valence-electron chi connectivity index (χ4n) is 0.723. The molecule has 0 spiro atoms. The zero-order valence-electron chi connectivity index (χ0n) is 8.46. The third kappa shape index (κ3) is 6.38. The average Bonchev–Trinajstić information content (AvgIpc) is 2.21. The van der Waals surface area contributed by atoms with Gasteiger partial charge >= 0.3 is 11.9 Å². The number of nitrogens with two attached hydrogens (primary N) is 2. The molecule has 0 heterocycles. The van der Waals surface area contributed by atoms with Gasteiger partial charge in [0.25, 0.3) is 0 Å². The molecular weight excluding hydrogens is 236 g/mol. The van der Waals surface area contributed by atoms with E-state index in [2.05, 4.69) is 0 Å². The summed E-state index contributed by atoms with van der Waals surface area (Å²) < 4.78 is 0. The first-order chi connectivity index (χ1) is 7.34. The molecule has 0 fully saturated rings. The summed E-state index contributed by atoms with van der Waals surface area (Å²) in [6, 6.07) is -2.17. The number of hydrogen-bond donors (Lipinski definition) is 4. The molecule has 0 bridgehead atoms. The zero-order valence-corrected chi connectivity index (χ0v) is 9.27. The van der Waals surface area contributed by atoms with Crippen molar-refractivity contribution in [1.29, 1.82) is 0 Å². The van der Waals surface area contributed by atoms with Crippen molar-refractivity contribution < 1.29 is 24.6 Å². The van der Waals surface area contributed by atoms with E-state index in [0.717, 1.165) is 11.8 Å². The summed E-state index contributed by atoms with van der Waals surface area (Å²) >= 11 is 0.773. The molecule has 0 aromatic carbocycles. The Hall–Kier alpha value is -1.12. The number of aliphatic carboxylic acids is 2. The van der Waals surface area contributed by atoms with E-state index in [-0.39, 0.29) is 23.7 Å². The number of carboxylic acid groups (broad SMARTS) is 2. The molecule has 2 unspecified atom stereocenters. The maximum Gasteiger partial charge on any atom is 0.321 e. The van der Waals surface area contributed by atoms with Gasteiger partial charge in [-0.15, -0.1) is 0 Å². The minimum absolute atomic E-state index is 0.00945. The van der Waals surface area contributed by atoms with Crippen LogP contribution in [-0.4, -0.2) is 45.1 Å². The summed E-state index contributed by atoms with van der Waals surface area (Å²) in [6.45, 7) is 0. The minimum atomic E-state index is -1.18. The molecule has 0 radical (unpaired) electrons. The fourth-order valence-corrected chi connectivity index (χ4v) is 1.49. The van der Waals surface area contributed by atoms with Crippen LogP contribution in [0.3, 0.4) is 0 Å². The van der Waals surface area contributed by atoms with E-state index in [4.69, 9.17) is 21.7 Å². The van der Waals surface area contributed by atoms with Crippen molar-refractivity contribution in [1.82, 2.24) is 0 Å². The van der Waals surface area contributed by atoms with Crippen LogP contribution in [0, 0.1) is 0 Å². The smallest absolute Gasteiger partial charge is 0.321 e. The summed E-state index contributed by atoms with van der Waals surface area (Å²) in [7, 11) is 0. The van der Waals surface area contributed by atoms with Crippen LogP contribution in [0.15, 0.2) is 0 Å². The molecule has 7 nitrogen and oxygen atoms in total. The molecule has 6 N–H and O–H groups in total. The van der Waals surface area contributed by atoms with E-state index in [1.807, 2.05) is 0 Å². The van der Waals surface area contributed by atoms with Crippen molar-refractivity contribution in [2.45, 2.75) is 24.9 Å². The summed E-state index contributed by atoms with van der Waals surface area (Å²) in [5, 5.41) is 16.6. The van der Waals surface area contributed by atoms with Crippen molar-refractivity contribution in [3.63, 3.8) is 0 Å². The Labute approximate surface area is 96.2 Å². The highest BCUT2D eigenvalue weighted by molar-refractivity contribution is 8.13. The van der Waals surface area contributed by atoms with Crippen LogP contribution < -0.4 is 11.5 Å². The zero-order chi connectivity index (χ0) is 12.7. The lowest BCUT2D eigenvalue weighted by molar-refractivity contribution is -0.139. The van der Waals surface area contributed by atoms with Gasteiger partial charge in [0.05, 0.1) is 0 Å². The SMILES string of the molecule is NC(CCC(=O)SCC(N)C(=O)O)C(=O)O. The highest BCUT2D eigenvalue weighted by atomic mass is 32.2. The number of carboxylic acids is 2. The number of hydrogen-bond acceptors (Lipinski definition) is 6. The molecule has 0 rings (SSSR count). The second-order valence-electron chi connectivity index (χ2n) is 3.11. The van der Waals surface area contributed by atoms with E-state index in [1.54, 1.807) is 0 Å². The number of rotatable bonds is 7. The second kappa shape index (κ2) is 7.20. The van der Waals surface area contributed by atoms with Crippen molar-refractivity contribution in [2.75, 3.05) is 5.75 Å². The Balaban J connectivity index is 3.75. The highest BCUT2D eigenvalue weighted by Crippen LogP contribution is 2.09. The first-order valence-corrected chi connectivity index (χ1v) is 5.45. The summed E-state index contributed by atoms with van der Waals surface area (Å²) in [4.78, 5) is 31.8. The van der Waals surface area contributed by atoms with Gasteiger partial charge in [0, 0.05) is 12.2 Å². The fraction of sp³-hybridized carbons (Fsp3) is 0.625. The van der Waals surface area contributed by atoms with Crippen molar-refractivity contribution in [3.8, 4) is 0 Å². The highest BCUT2D eigenvalue weighted by Gasteiger charge is 2.16. The topological polar surface area (TPSA) is 144 Å². The molecular formula is C8H14N2O5S. The predicted octanol–water partition coefficient (Wildman–Crippen LogP) is -1.15. The predicted molar refractivity (Wildman–Crippen MR) is 57.9 cm³/mol. The lowest BCUT2D eigenvalue weighted by Gasteiger charge is -2.06. The van der Waals surface area contributed by atoms with Crippen LogP contribution in [-0.2, 0) is 14.4 Å². The van der Waals surface area contributed by atoms with Gasteiger partial charge < -0.3 is 21.7 Å². The van der Waals surface area contributed by atoms with Gasteiger partial charge in [-0.25, -0.2) is 0 Å². The summed E-state index contributed by atoms with van der Waals surface area (Å²) in [5.74, 6) is -2.38. The van der Waals surface area contributed by atoms with Crippen LogP contribution in [0.2, 0.25) is 0 Å². The molecule has 0 saturated carbocycles. The maximum atomic E-state index is 11.2. The average molecular weight is 250 g/mol. The standard InChI is InChI=1S/C8H14N2O5S/c9-4(7(12)13)1-2-6(11)16-3-5(10)8(14)15/h4-5H,1-3,9-10H2,(H,12,13)(H,14,15). The molecule has 92 valence electrons. The van der Waals surface area contributed by atoms with Crippen LogP contribution in [0.1, 0.15) is 12.8 Å². The van der Waals surface area contributed by atoms with Crippen LogP contribution in [0.25, 0.3) is 0 Å². The van der Waals surface area contributed by atoms with Crippen molar-refractivity contribution >= 4 is 28.8 Å². The lowest BCUT2D eigenvalue weighted by Crippen LogP contribution is -2.33. The quantitative estimate of drug-likeness (QED) is 0.443.